The van der Waals surface area contributed by atoms with Crippen molar-refractivity contribution < 1.29 is 29.0 Å². The van der Waals surface area contributed by atoms with Crippen LogP contribution in [0.25, 0.3) is 0 Å². The molecule has 6 heteroatoms. The first-order valence-electron chi connectivity index (χ1n) is 9.76. The van der Waals surface area contributed by atoms with E-state index in [0.717, 1.165) is 5.57 Å². The lowest BCUT2D eigenvalue weighted by atomic mass is 9.46. The molecule has 0 aromatic carbocycles. The van der Waals surface area contributed by atoms with Crippen molar-refractivity contribution in [2.45, 2.75) is 45.1 Å². The van der Waals surface area contributed by atoms with Crippen LogP contribution in [0.1, 0.15) is 39.5 Å². The second kappa shape index (κ2) is 6.04. The summed E-state index contributed by atoms with van der Waals surface area (Å²) in [7, 11) is 0. The Kier molecular flexibility index (Phi) is 4.18. The average molecular weight is 388 g/mol. The summed E-state index contributed by atoms with van der Waals surface area (Å²) in [5.41, 5.74) is -3.00. The number of aliphatic hydroxyl groups excluding tert-OH is 1. The zero-order valence-corrected chi connectivity index (χ0v) is 16.1. The molecule has 2 N–H and O–H groups in total. The zero-order valence-electron chi connectivity index (χ0n) is 16.1. The van der Waals surface area contributed by atoms with Gasteiger partial charge in [0.2, 0.25) is 0 Å². The van der Waals surface area contributed by atoms with Gasteiger partial charge < -0.3 is 10.2 Å². The van der Waals surface area contributed by atoms with E-state index in [0.29, 0.717) is 12.8 Å². The van der Waals surface area contributed by atoms with Crippen LogP contribution in [-0.2, 0) is 14.4 Å². The molecule has 4 aliphatic carbocycles. The molecule has 4 aliphatic rings. The standard InChI is InChI=1S/C22H25FO5/c1-20-6-5-14(25)7-12(20)3-4-15-16-8-13(10-23)22(28,18(27)11-24)21(16,2)9-17(26)19(15)20/h5-7,10,15-16,19,24,28H,3-4,8-9,11H2,1-2H3/t15-,16-,19+,20-,21-,22-/m0/s1. The van der Waals surface area contributed by atoms with Crippen LogP contribution in [0.15, 0.2) is 35.7 Å². The maximum atomic E-state index is 13.7. The van der Waals surface area contributed by atoms with E-state index in [1.807, 2.05) is 13.0 Å². The van der Waals surface area contributed by atoms with Crippen LogP contribution < -0.4 is 0 Å². The lowest BCUT2D eigenvalue weighted by Crippen LogP contribution is -2.61. The lowest BCUT2D eigenvalue weighted by Gasteiger charge is -2.56. The third kappa shape index (κ3) is 2.16. The number of hydrogen-bond acceptors (Lipinski definition) is 5. The number of fused-ring (bicyclic) bond motifs is 5. The Morgan fingerprint density at radius 3 is 2.71 bits per heavy atom. The van der Waals surface area contributed by atoms with Crippen molar-refractivity contribution in [3.05, 3.63) is 35.7 Å². The molecule has 0 spiro atoms. The van der Waals surface area contributed by atoms with Gasteiger partial charge in [-0.05, 0) is 48.8 Å². The van der Waals surface area contributed by atoms with E-state index in [-0.39, 0.29) is 54.1 Å². The van der Waals surface area contributed by atoms with Gasteiger partial charge in [0.1, 0.15) is 12.4 Å². The number of aliphatic hydroxyl groups is 2. The predicted octanol–water partition coefficient (Wildman–Crippen LogP) is 2.23. The topological polar surface area (TPSA) is 91.7 Å². The summed E-state index contributed by atoms with van der Waals surface area (Å²) >= 11 is 0. The van der Waals surface area contributed by atoms with Crippen molar-refractivity contribution in [1.82, 2.24) is 0 Å². The fourth-order valence-corrected chi connectivity index (χ4v) is 6.66. The quantitative estimate of drug-likeness (QED) is 0.757. The molecule has 0 heterocycles. The maximum Gasteiger partial charge on any atom is 0.194 e. The molecule has 0 aromatic heterocycles. The third-order valence-corrected chi connectivity index (χ3v) is 8.06. The number of hydrogen-bond donors (Lipinski definition) is 2. The molecule has 5 nitrogen and oxygen atoms in total. The van der Waals surface area contributed by atoms with Gasteiger partial charge in [-0.25, -0.2) is 4.39 Å². The predicted molar refractivity (Wildman–Crippen MR) is 98.6 cm³/mol. The zero-order chi connectivity index (χ0) is 20.5. The molecule has 3 saturated carbocycles. The average Bonchev–Trinajstić information content (AvgIpc) is 2.89. The molecule has 0 aliphatic heterocycles. The summed E-state index contributed by atoms with van der Waals surface area (Å²) in [6.45, 7) is 2.72. The Balaban J connectivity index is 1.82. The fraction of sp³-hybridized carbons (Fsp3) is 0.591. The summed E-state index contributed by atoms with van der Waals surface area (Å²) in [4.78, 5) is 37.7. The fourth-order valence-electron chi connectivity index (χ4n) is 6.66. The molecule has 4 rings (SSSR count). The van der Waals surface area contributed by atoms with Gasteiger partial charge in [0.05, 0.1) is 6.33 Å². The van der Waals surface area contributed by atoms with Crippen molar-refractivity contribution in [3.8, 4) is 0 Å². The van der Waals surface area contributed by atoms with E-state index in [1.54, 1.807) is 13.0 Å². The van der Waals surface area contributed by atoms with Gasteiger partial charge in [0.15, 0.2) is 17.2 Å². The molecule has 0 bridgehead atoms. The summed E-state index contributed by atoms with van der Waals surface area (Å²) in [5.74, 6) is -1.80. The molecule has 28 heavy (non-hydrogen) atoms. The van der Waals surface area contributed by atoms with Gasteiger partial charge in [-0.3, -0.25) is 14.4 Å². The minimum Gasteiger partial charge on any atom is -0.388 e. The van der Waals surface area contributed by atoms with Gasteiger partial charge in [0.25, 0.3) is 0 Å². The largest absolute Gasteiger partial charge is 0.388 e. The monoisotopic (exact) mass is 388 g/mol. The second-order valence-corrected chi connectivity index (χ2v) is 9.17. The van der Waals surface area contributed by atoms with Crippen LogP contribution in [0.2, 0.25) is 0 Å². The number of rotatable bonds is 2. The summed E-state index contributed by atoms with van der Waals surface area (Å²) in [6.07, 6.45) is 6.60. The SMILES string of the molecule is C[C@]12C=CC(=O)C=C1CC[C@@H]1[C@@H]2C(=O)C[C@@]2(C)[C@H]1CC(=CF)[C@]2(O)C(=O)CO. The molecule has 0 saturated heterocycles. The lowest BCUT2D eigenvalue weighted by molar-refractivity contribution is -0.164. The van der Waals surface area contributed by atoms with Crippen LogP contribution in [0.4, 0.5) is 4.39 Å². The van der Waals surface area contributed by atoms with Gasteiger partial charge in [-0.15, -0.1) is 0 Å². The first-order valence-corrected chi connectivity index (χ1v) is 9.76. The summed E-state index contributed by atoms with van der Waals surface area (Å²) in [5, 5.41) is 20.7. The molecule has 150 valence electrons. The van der Waals surface area contributed by atoms with Crippen molar-refractivity contribution in [2.75, 3.05) is 6.61 Å². The molecule has 0 amide bonds. The second-order valence-electron chi connectivity index (χ2n) is 9.17. The first-order chi connectivity index (χ1) is 13.1. The van der Waals surface area contributed by atoms with E-state index in [1.165, 1.54) is 6.08 Å². The summed E-state index contributed by atoms with van der Waals surface area (Å²) < 4.78 is 13.7. The molecule has 6 atom stereocenters. The highest BCUT2D eigenvalue weighted by molar-refractivity contribution is 6.02. The summed E-state index contributed by atoms with van der Waals surface area (Å²) in [6, 6.07) is 0. The molecule has 3 fully saturated rings. The number of ketones is 3. The van der Waals surface area contributed by atoms with Gasteiger partial charge in [-0.2, -0.15) is 0 Å². The number of Topliss-reactive ketones (excluding diaryl/α,β-unsaturated/α-hetero) is 2. The Morgan fingerprint density at radius 2 is 2.07 bits per heavy atom. The van der Waals surface area contributed by atoms with Crippen LogP contribution in [0.5, 0.6) is 0 Å². The minimum absolute atomic E-state index is 0.0478. The number of carbonyl (C=O) groups excluding carboxylic acids is 3. The van der Waals surface area contributed by atoms with Crippen LogP contribution in [0.3, 0.4) is 0 Å². The van der Waals surface area contributed by atoms with E-state index < -0.39 is 28.8 Å². The van der Waals surface area contributed by atoms with Gasteiger partial charge >= 0.3 is 0 Å². The molecule has 0 unspecified atom stereocenters. The smallest absolute Gasteiger partial charge is 0.194 e. The van der Waals surface area contributed by atoms with E-state index >= 15 is 0 Å². The highest BCUT2D eigenvalue weighted by Gasteiger charge is 2.70. The van der Waals surface area contributed by atoms with Gasteiger partial charge in [-0.1, -0.05) is 25.5 Å². The van der Waals surface area contributed by atoms with Crippen molar-refractivity contribution >= 4 is 17.3 Å². The van der Waals surface area contributed by atoms with E-state index in [2.05, 4.69) is 0 Å². The van der Waals surface area contributed by atoms with Crippen molar-refractivity contribution in [2.24, 2.45) is 28.6 Å². The molecule has 0 aromatic rings. The minimum atomic E-state index is -2.17. The third-order valence-electron chi connectivity index (χ3n) is 8.06. The van der Waals surface area contributed by atoms with Crippen LogP contribution in [0, 0.1) is 28.6 Å². The van der Waals surface area contributed by atoms with E-state index in [9.17, 15) is 29.0 Å². The van der Waals surface area contributed by atoms with Gasteiger partial charge in [0, 0.05) is 23.2 Å². The highest BCUT2D eigenvalue weighted by Crippen LogP contribution is 2.67. The Morgan fingerprint density at radius 1 is 1.36 bits per heavy atom. The molecule has 0 radical (unpaired) electrons. The van der Waals surface area contributed by atoms with Crippen molar-refractivity contribution in [1.29, 1.82) is 0 Å². The number of allylic oxidation sites excluding steroid dienone is 4. The number of halogens is 1. The van der Waals surface area contributed by atoms with Crippen molar-refractivity contribution in [3.63, 3.8) is 0 Å². The van der Waals surface area contributed by atoms with E-state index in [4.69, 9.17) is 0 Å². The molecular weight excluding hydrogens is 363 g/mol. The van der Waals surface area contributed by atoms with Crippen LogP contribution >= 0.6 is 0 Å². The Bertz CT molecular complexity index is 870. The normalized spacial score (nSPS) is 46.1. The Labute approximate surface area is 163 Å². The highest BCUT2D eigenvalue weighted by atomic mass is 19.1. The number of carbonyl (C=O) groups is 3. The van der Waals surface area contributed by atoms with Crippen LogP contribution in [-0.4, -0.2) is 39.8 Å². The maximum absolute atomic E-state index is 13.7. The first kappa shape index (κ1) is 19.4. The molecular formula is C22H25FO5. The Hall–Kier alpha value is -1.92.